The van der Waals surface area contributed by atoms with Gasteiger partial charge in [0, 0.05) is 20.6 Å². The lowest BCUT2D eigenvalue weighted by Gasteiger charge is -2.36. The van der Waals surface area contributed by atoms with Gasteiger partial charge in [0.1, 0.15) is 18.1 Å². The molecule has 248 valence electrons. The van der Waals surface area contributed by atoms with Crippen molar-refractivity contribution in [1.29, 1.82) is 0 Å². The van der Waals surface area contributed by atoms with Crippen molar-refractivity contribution in [1.82, 2.24) is 25.8 Å². The van der Waals surface area contributed by atoms with Crippen LogP contribution in [0.5, 0.6) is 0 Å². The number of primary amides is 1. The molecule has 43 heavy (non-hydrogen) atoms. The number of nitrogens with two attached hydrogens (primary N) is 1. The van der Waals surface area contributed by atoms with E-state index in [1.54, 1.807) is 41.8 Å². The van der Waals surface area contributed by atoms with Crippen LogP contribution in [0.2, 0.25) is 0 Å². The van der Waals surface area contributed by atoms with Crippen molar-refractivity contribution < 1.29 is 28.8 Å². The number of likely N-dealkylation sites (N-methyl/N-ethyl adjacent to an activating group) is 1. The third kappa shape index (κ3) is 13.3. The van der Waals surface area contributed by atoms with Gasteiger partial charge in [-0.3, -0.25) is 24.0 Å². The zero-order chi connectivity index (χ0) is 32.6. The molecular weight excluding hydrogens is 552 g/mol. The van der Waals surface area contributed by atoms with Crippen LogP contribution in [0.15, 0.2) is 0 Å². The molecule has 12 heteroatoms. The smallest absolute Gasteiger partial charge is 0.316 e. The zero-order valence-corrected chi connectivity index (χ0v) is 27.3. The summed E-state index contributed by atoms with van der Waals surface area (Å²) in [6.07, 6.45) is 4.18. The topological polar surface area (TPSA) is 171 Å². The van der Waals surface area contributed by atoms with Gasteiger partial charge in [-0.1, -0.05) is 75.2 Å². The molecule has 0 aromatic heterocycles. The van der Waals surface area contributed by atoms with Crippen LogP contribution < -0.4 is 21.7 Å². The van der Waals surface area contributed by atoms with E-state index >= 15 is 0 Å². The average molecular weight is 611 g/mol. The summed E-state index contributed by atoms with van der Waals surface area (Å²) in [5.41, 5.74) is 5.00. The van der Waals surface area contributed by atoms with Crippen molar-refractivity contribution in [3.63, 3.8) is 0 Å². The lowest BCUT2D eigenvalue weighted by Crippen LogP contribution is -2.61. The van der Waals surface area contributed by atoms with Gasteiger partial charge in [0.05, 0.1) is 6.04 Å². The first kappa shape index (κ1) is 39.8. The molecule has 0 aromatic rings. The molecule has 1 aliphatic heterocycles. The number of nitrogens with one attached hydrogen (secondary N) is 3. The molecule has 3 unspecified atom stereocenters. The minimum absolute atomic E-state index is 0. The lowest BCUT2D eigenvalue weighted by atomic mass is 9.80. The molecular formula is C31H58N6O6. The lowest BCUT2D eigenvalue weighted by molar-refractivity contribution is -0.143. The Hall–Kier alpha value is -3.18. The minimum Gasteiger partial charge on any atom is -0.363 e. The number of Topliss-reactive ketones (excluding diaryl/α,β-unsaturated/α-hetero) is 1. The first-order valence-corrected chi connectivity index (χ1v) is 14.9. The highest BCUT2D eigenvalue weighted by atomic mass is 16.2. The van der Waals surface area contributed by atoms with Gasteiger partial charge in [0.2, 0.25) is 23.5 Å². The fraction of sp³-hybridized carbons (Fsp3) is 0.806. The summed E-state index contributed by atoms with van der Waals surface area (Å²) in [7, 11) is 3.15. The number of amides is 6. The summed E-state index contributed by atoms with van der Waals surface area (Å²) >= 11 is 0. The van der Waals surface area contributed by atoms with Crippen molar-refractivity contribution in [2.75, 3.05) is 20.6 Å². The Morgan fingerprint density at radius 3 is 1.84 bits per heavy atom. The molecule has 5 N–H and O–H groups in total. The monoisotopic (exact) mass is 610 g/mol. The number of rotatable bonds is 10. The number of likely N-dealkylation sites (tertiary alicyclic amines) is 1. The Labute approximate surface area is 258 Å². The summed E-state index contributed by atoms with van der Waals surface area (Å²) in [5.74, 6) is -2.97. The van der Waals surface area contributed by atoms with Gasteiger partial charge in [-0.25, -0.2) is 4.79 Å². The summed E-state index contributed by atoms with van der Waals surface area (Å²) < 4.78 is 0. The van der Waals surface area contributed by atoms with Gasteiger partial charge in [-0.2, -0.15) is 0 Å². The Morgan fingerprint density at radius 1 is 0.884 bits per heavy atom. The average Bonchev–Trinajstić information content (AvgIpc) is 3.30. The molecule has 1 aliphatic carbocycles. The fourth-order valence-corrected chi connectivity index (χ4v) is 4.67. The molecule has 1 saturated carbocycles. The van der Waals surface area contributed by atoms with E-state index in [0.717, 1.165) is 19.3 Å². The van der Waals surface area contributed by atoms with E-state index in [9.17, 15) is 28.8 Å². The van der Waals surface area contributed by atoms with Gasteiger partial charge in [0.25, 0.3) is 5.91 Å². The summed E-state index contributed by atoms with van der Waals surface area (Å²) in [6.45, 7) is 16.0. The molecule has 0 bridgehead atoms. The third-order valence-corrected chi connectivity index (χ3v) is 7.06. The quantitative estimate of drug-likeness (QED) is 0.277. The molecule has 1 heterocycles. The normalized spacial score (nSPS) is 18.7. The van der Waals surface area contributed by atoms with Crippen molar-refractivity contribution in [2.45, 2.75) is 126 Å². The fourth-order valence-electron chi connectivity index (χ4n) is 4.67. The SMILES string of the molecule is C.CC(C)(C)C.CC(NC(=O)NC(C(=O)N1CCC[C@H]1C(=O)NC(CC1CCC1)C(=O)C(N)=O)C(C)(C)C)C(=O)N(C)C. The Morgan fingerprint density at radius 2 is 1.42 bits per heavy atom. The number of ketones is 1. The van der Waals surface area contributed by atoms with Crippen molar-refractivity contribution >= 4 is 35.4 Å². The van der Waals surface area contributed by atoms with Crippen LogP contribution in [0.1, 0.15) is 101 Å². The van der Waals surface area contributed by atoms with Crippen LogP contribution in [0.25, 0.3) is 0 Å². The van der Waals surface area contributed by atoms with Crippen molar-refractivity contribution in [2.24, 2.45) is 22.5 Å². The molecule has 4 atom stereocenters. The number of carbonyl (C=O) groups is 6. The van der Waals surface area contributed by atoms with Crippen LogP contribution in [0.4, 0.5) is 4.79 Å². The first-order chi connectivity index (χ1) is 19.1. The maximum atomic E-state index is 13.6. The molecule has 0 aromatic carbocycles. The van der Waals surface area contributed by atoms with E-state index < -0.39 is 59.1 Å². The number of urea groups is 1. The molecule has 2 aliphatic rings. The number of hydrogen-bond acceptors (Lipinski definition) is 6. The minimum atomic E-state index is -1.10. The van der Waals surface area contributed by atoms with Crippen molar-refractivity contribution in [3.8, 4) is 0 Å². The predicted molar refractivity (Wildman–Crippen MR) is 168 cm³/mol. The highest BCUT2D eigenvalue weighted by Gasteiger charge is 2.43. The summed E-state index contributed by atoms with van der Waals surface area (Å²) in [4.78, 5) is 78.3. The second-order valence-electron chi connectivity index (χ2n) is 14.4. The van der Waals surface area contributed by atoms with E-state index in [-0.39, 0.29) is 19.3 Å². The van der Waals surface area contributed by atoms with E-state index in [1.807, 2.05) is 0 Å². The van der Waals surface area contributed by atoms with E-state index in [4.69, 9.17) is 5.73 Å². The number of carbonyl (C=O) groups excluding carboxylic acids is 6. The van der Waals surface area contributed by atoms with Gasteiger partial charge in [-0.05, 0) is 42.9 Å². The van der Waals surface area contributed by atoms with Crippen LogP contribution in [-0.2, 0) is 24.0 Å². The van der Waals surface area contributed by atoms with Crippen LogP contribution in [0, 0.1) is 16.7 Å². The molecule has 1 saturated heterocycles. The Balaban J connectivity index is 0.00000270. The van der Waals surface area contributed by atoms with E-state index in [0.29, 0.717) is 31.2 Å². The maximum Gasteiger partial charge on any atom is 0.316 e. The van der Waals surface area contributed by atoms with Gasteiger partial charge in [0.15, 0.2) is 0 Å². The molecule has 12 nitrogen and oxygen atoms in total. The predicted octanol–water partition coefficient (Wildman–Crippen LogP) is 2.59. The highest BCUT2D eigenvalue weighted by molar-refractivity contribution is 6.37. The first-order valence-electron chi connectivity index (χ1n) is 14.9. The molecule has 6 amide bonds. The van der Waals surface area contributed by atoms with Gasteiger partial charge < -0.3 is 31.5 Å². The summed E-state index contributed by atoms with van der Waals surface area (Å²) in [6, 6.07) is -4.33. The third-order valence-electron chi connectivity index (χ3n) is 7.06. The standard InChI is InChI=1S/C25H42N6O6.C5H12.CH4/c1-14(22(35)30(5)6)27-24(37)29-19(25(2,3)4)23(36)31-12-8-11-17(31)21(34)28-16(18(32)20(26)33)13-15-9-7-10-15;1-5(2,3)4;/h14-17,19H,7-13H2,1-6H3,(H2,26,33)(H,28,34)(H2,27,29,37);1-4H3;1H4/t14?,16?,17-,19?;;/m0../s1. The van der Waals surface area contributed by atoms with Crippen LogP contribution in [0.3, 0.4) is 0 Å². The number of nitrogens with zero attached hydrogens (tertiary/aromatic N) is 2. The molecule has 2 fully saturated rings. The maximum absolute atomic E-state index is 13.6. The zero-order valence-electron chi connectivity index (χ0n) is 27.3. The Bertz CT molecular complexity index is 990. The van der Waals surface area contributed by atoms with Gasteiger partial charge in [-0.15, -0.1) is 0 Å². The number of hydrogen-bond donors (Lipinski definition) is 4. The largest absolute Gasteiger partial charge is 0.363 e. The van der Waals surface area contributed by atoms with E-state index in [1.165, 1.54) is 9.80 Å². The molecule has 2 rings (SSSR count). The molecule has 0 spiro atoms. The van der Waals surface area contributed by atoms with Crippen LogP contribution >= 0.6 is 0 Å². The second kappa shape index (κ2) is 16.6. The highest BCUT2D eigenvalue weighted by Crippen LogP contribution is 2.31. The van der Waals surface area contributed by atoms with Crippen molar-refractivity contribution in [3.05, 3.63) is 0 Å². The van der Waals surface area contributed by atoms with Crippen LogP contribution in [-0.4, -0.2) is 90.1 Å². The Kier molecular flexibility index (Phi) is 15.4. The van der Waals surface area contributed by atoms with E-state index in [2.05, 4.69) is 43.6 Å². The second-order valence-corrected chi connectivity index (χ2v) is 14.4. The van der Waals surface area contributed by atoms with Gasteiger partial charge >= 0.3 is 6.03 Å². The molecule has 0 radical (unpaired) electrons. The summed E-state index contributed by atoms with van der Waals surface area (Å²) in [5, 5.41) is 7.89.